The minimum Gasteiger partial charge on any atom is -0.478 e. The molecule has 0 aliphatic carbocycles. The molecule has 98 valence electrons. The number of carbonyl (C=O) groups is 1. The molecule has 1 N–H and O–H groups in total. The van der Waals surface area contributed by atoms with E-state index in [9.17, 15) is 9.18 Å². The molecule has 2 rings (SSSR count). The lowest BCUT2D eigenvalue weighted by Crippen LogP contribution is -2.12. The highest BCUT2D eigenvalue weighted by molar-refractivity contribution is 6.33. The standard InChI is InChI=1S/C13H10ClFN2O2/c1-17(10-4-2-3-9(15)6-10)12-11(14)5-8(7-16-12)13(18)19/h2-7H,1H3,(H,18,19). The molecule has 4 nitrogen and oxygen atoms in total. The van der Waals surface area contributed by atoms with Crippen molar-refractivity contribution in [2.45, 2.75) is 0 Å². The fraction of sp³-hybridized carbons (Fsp3) is 0.0769. The van der Waals surface area contributed by atoms with Crippen molar-refractivity contribution < 1.29 is 14.3 Å². The largest absolute Gasteiger partial charge is 0.478 e. The van der Waals surface area contributed by atoms with E-state index < -0.39 is 5.97 Å². The molecule has 1 heterocycles. The molecule has 0 unspecified atom stereocenters. The maximum absolute atomic E-state index is 13.2. The molecule has 0 aliphatic heterocycles. The molecule has 0 fully saturated rings. The van der Waals surface area contributed by atoms with Crippen molar-refractivity contribution in [2.75, 3.05) is 11.9 Å². The number of carboxylic acid groups (broad SMARTS) is 1. The molecule has 0 saturated heterocycles. The predicted octanol–water partition coefficient (Wildman–Crippen LogP) is 3.34. The number of carboxylic acids is 1. The average Bonchev–Trinajstić information content (AvgIpc) is 2.37. The first kappa shape index (κ1) is 13.3. The van der Waals surface area contributed by atoms with E-state index in [0.29, 0.717) is 11.5 Å². The summed E-state index contributed by atoms with van der Waals surface area (Å²) in [6, 6.07) is 7.25. The van der Waals surface area contributed by atoms with Crippen molar-refractivity contribution in [3.63, 3.8) is 0 Å². The lowest BCUT2D eigenvalue weighted by atomic mass is 10.2. The van der Waals surface area contributed by atoms with Gasteiger partial charge in [-0.05, 0) is 24.3 Å². The molecule has 0 aliphatic rings. The van der Waals surface area contributed by atoms with Crippen LogP contribution in [0, 0.1) is 5.82 Å². The van der Waals surface area contributed by atoms with Gasteiger partial charge >= 0.3 is 5.97 Å². The van der Waals surface area contributed by atoms with Gasteiger partial charge in [-0.3, -0.25) is 0 Å². The number of pyridine rings is 1. The number of nitrogens with zero attached hydrogens (tertiary/aromatic N) is 2. The smallest absolute Gasteiger partial charge is 0.337 e. The van der Waals surface area contributed by atoms with Crippen LogP contribution in [0.5, 0.6) is 0 Å². The monoisotopic (exact) mass is 280 g/mol. The summed E-state index contributed by atoms with van der Waals surface area (Å²) in [5, 5.41) is 9.02. The molecule has 0 radical (unpaired) electrons. The minimum atomic E-state index is -1.10. The number of benzene rings is 1. The number of anilines is 2. The van der Waals surface area contributed by atoms with Crippen molar-refractivity contribution in [1.29, 1.82) is 0 Å². The molecule has 0 amide bonds. The van der Waals surface area contributed by atoms with E-state index in [-0.39, 0.29) is 16.4 Å². The van der Waals surface area contributed by atoms with Crippen molar-refractivity contribution in [3.8, 4) is 0 Å². The highest BCUT2D eigenvalue weighted by Crippen LogP contribution is 2.29. The molecular weight excluding hydrogens is 271 g/mol. The van der Waals surface area contributed by atoms with E-state index in [1.54, 1.807) is 24.1 Å². The van der Waals surface area contributed by atoms with Gasteiger partial charge in [0.1, 0.15) is 5.82 Å². The van der Waals surface area contributed by atoms with Gasteiger partial charge in [-0.1, -0.05) is 17.7 Å². The first-order chi connectivity index (χ1) is 8.99. The van der Waals surface area contributed by atoms with Crippen LogP contribution in [0.1, 0.15) is 10.4 Å². The van der Waals surface area contributed by atoms with Gasteiger partial charge in [-0.2, -0.15) is 0 Å². The normalized spacial score (nSPS) is 10.3. The molecule has 2 aromatic rings. The molecular formula is C13H10ClFN2O2. The predicted molar refractivity (Wildman–Crippen MR) is 70.7 cm³/mol. The topological polar surface area (TPSA) is 53.4 Å². The zero-order valence-electron chi connectivity index (χ0n) is 9.97. The third-order valence-electron chi connectivity index (χ3n) is 2.58. The number of aromatic carboxylic acids is 1. The van der Waals surface area contributed by atoms with Crippen LogP contribution in [-0.4, -0.2) is 23.1 Å². The molecule has 1 aromatic carbocycles. The van der Waals surface area contributed by atoms with E-state index in [0.717, 1.165) is 0 Å². The second-order valence-corrected chi connectivity index (χ2v) is 4.28. The van der Waals surface area contributed by atoms with Crippen LogP contribution in [0.15, 0.2) is 36.5 Å². The van der Waals surface area contributed by atoms with Crippen LogP contribution < -0.4 is 4.90 Å². The molecule has 0 spiro atoms. The Balaban J connectivity index is 2.39. The van der Waals surface area contributed by atoms with E-state index in [2.05, 4.69) is 4.98 Å². The quantitative estimate of drug-likeness (QED) is 0.937. The lowest BCUT2D eigenvalue weighted by Gasteiger charge is -2.19. The van der Waals surface area contributed by atoms with Gasteiger partial charge in [0, 0.05) is 18.9 Å². The van der Waals surface area contributed by atoms with Gasteiger partial charge in [0.15, 0.2) is 5.82 Å². The maximum Gasteiger partial charge on any atom is 0.337 e. The highest BCUT2D eigenvalue weighted by Gasteiger charge is 2.13. The maximum atomic E-state index is 13.2. The third-order valence-corrected chi connectivity index (χ3v) is 2.86. The molecule has 0 saturated carbocycles. The Kier molecular flexibility index (Phi) is 3.66. The number of hydrogen-bond donors (Lipinski definition) is 1. The molecule has 1 aromatic heterocycles. The van der Waals surface area contributed by atoms with Crippen LogP contribution in [0.4, 0.5) is 15.9 Å². The van der Waals surface area contributed by atoms with E-state index in [1.165, 1.54) is 24.4 Å². The average molecular weight is 281 g/mol. The van der Waals surface area contributed by atoms with E-state index in [1.807, 2.05) is 0 Å². The second-order valence-electron chi connectivity index (χ2n) is 3.87. The van der Waals surface area contributed by atoms with Gasteiger partial charge in [-0.25, -0.2) is 14.2 Å². The summed E-state index contributed by atoms with van der Waals surface area (Å²) in [6.07, 6.45) is 1.21. The third kappa shape index (κ3) is 2.82. The second kappa shape index (κ2) is 5.24. The summed E-state index contributed by atoms with van der Waals surface area (Å²) in [5.41, 5.74) is 0.568. The fourth-order valence-corrected chi connectivity index (χ4v) is 1.89. The van der Waals surface area contributed by atoms with E-state index >= 15 is 0 Å². The Bertz CT molecular complexity index is 634. The summed E-state index contributed by atoms with van der Waals surface area (Å²) in [7, 11) is 1.67. The van der Waals surface area contributed by atoms with Crippen LogP contribution in [0.25, 0.3) is 0 Å². The molecule has 0 bridgehead atoms. The Morgan fingerprint density at radius 3 is 2.74 bits per heavy atom. The van der Waals surface area contributed by atoms with Crippen LogP contribution in [-0.2, 0) is 0 Å². The van der Waals surface area contributed by atoms with Gasteiger partial charge in [0.05, 0.1) is 10.6 Å². The Morgan fingerprint density at radius 1 is 1.42 bits per heavy atom. The van der Waals surface area contributed by atoms with Gasteiger partial charge in [0.2, 0.25) is 0 Å². The molecule has 0 atom stereocenters. The number of halogens is 2. The van der Waals surface area contributed by atoms with Crippen molar-refractivity contribution >= 4 is 29.1 Å². The van der Waals surface area contributed by atoms with Gasteiger partial charge in [-0.15, -0.1) is 0 Å². The fourth-order valence-electron chi connectivity index (χ4n) is 1.60. The lowest BCUT2D eigenvalue weighted by molar-refractivity contribution is 0.0696. The summed E-state index contributed by atoms with van der Waals surface area (Å²) in [6.45, 7) is 0. The van der Waals surface area contributed by atoms with Gasteiger partial charge in [0.25, 0.3) is 0 Å². The SMILES string of the molecule is CN(c1cccc(F)c1)c1ncc(C(=O)O)cc1Cl. The summed E-state index contributed by atoms with van der Waals surface area (Å²) in [5.74, 6) is -1.12. The minimum absolute atomic E-state index is 0.00129. The number of hydrogen-bond acceptors (Lipinski definition) is 3. The summed E-state index contributed by atoms with van der Waals surface area (Å²) in [4.78, 5) is 16.4. The Morgan fingerprint density at radius 2 is 2.16 bits per heavy atom. The number of aromatic nitrogens is 1. The first-order valence-corrected chi connectivity index (χ1v) is 5.75. The first-order valence-electron chi connectivity index (χ1n) is 5.37. The summed E-state index contributed by atoms with van der Waals surface area (Å²) < 4.78 is 13.2. The zero-order valence-corrected chi connectivity index (χ0v) is 10.7. The van der Waals surface area contributed by atoms with Crippen LogP contribution in [0.2, 0.25) is 5.02 Å². The van der Waals surface area contributed by atoms with Crippen molar-refractivity contribution in [3.05, 3.63) is 52.9 Å². The summed E-state index contributed by atoms with van der Waals surface area (Å²) >= 11 is 6.00. The Labute approximate surface area is 114 Å². The highest BCUT2D eigenvalue weighted by atomic mass is 35.5. The number of rotatable bonds is 3. The molecule has 19 heavy (non-hydrogen) atoms. The van der Waals surface area contributed by atoms with Crippen molar-refractivity contribution in [2.24, 2.45) is 0 Å². The van der Waals surface area contributed by atoms with Crippen LogP contribution >= 0.6 is 11.6 Å². The Hall–Kier alpha value is -2.14. The van der Waals surface area contributed by atoms with Gasteiger partial charge < -0.3 is 10.0 Å². The molecule has 6 heteroatoms. The zero-order chi connectivity index (χ0) is 14.0. The van der Waals surface area contributed by atoms with E-state index in [4.69, 9.17) is 16.7 Å². The van der Waals surface area contributed by atoms with Crippen molar-refractivity contribution in [1.82, 2.24) is 4.98 Å². The van der Waals surface area contributed by atoms with Crippen LogP contribution in [0.3, 0.4) is 0 Å².